The summed E-state index contributed by atoms with van der Waals surface area (Å²) in [5, 5.41) is 0. The summed E-state index contributed by atoms with van der Waals surface area (Å²) < 4.78 is 16.1. The predicted molar refractivity (Wildman–Crippen MR) is 77.2 cm³/mol. The van der Waals surface area contributed by atoms with Gasteiger partial charge < -0.3 is 24.0 Å². The third-order valence-corrected chi connectivity index (χ3v) is 4.85. The summed E-state index contributed by atoms with van der Waals surface area (Å²) in [6.45, 7) is 3.73. The first kappa shape index (κ1) is 15.6. The molecule has 1 atom stereocenters. The van der Waals surface area contributed by atoms with Gasteiger partial charge in [-0.2, -0.15) is 0 Å². The van der Waals surface area contributed by atoms with Gasteiger partial charge in [-0.05, 0) is 12.8 Å². The molecule has 0 aromatic heterocycles. The zero-order chi connectivity index (χ0) is 15.6. The standard InChI is InChI=1S/C15H24N2O5/c1-20-14(19)17-6-2-3-12(11-17)13(18)16-7-4-15(5-8-16)21-9-10-22-15/h12H,2-11H2,1H3. The van der Waals surface area contributed by atoms with Crippen molar-refractivity contribution >= 4 is 12.0 Å². The number of methoxy groups -OCH3 is 1. The number of likely N-dealkylation sites (tertiary alicyclic amines) is 2. The largest absolute Gasteiger partial charge is 0.453 e. The van der Waals surface area contributed by atoms with E-state index in [-0.39, 0.29) is 17.9 Å². The molecular formula is C15H24N2O5. The van der Waals surface area contributed by atoms with Crippen molar-refractivity contribution in [2.75, 3.05) is 46.5 Å². The molecular weight excluding hydrogens is 288 g/mol. The number of carbonyl (C=O) groups excluding carboxylic acids is 2. The smallest absolute Gasteiger partial charge is 0.409 e. The van der Waals surface area contributed by atoms with Crippen LogP contribution in [0.2, 0.25) is 0 Å². The first-order valence-corrected chi connectivity index (χ1v) is 8.03. The van der Waals surface area contributed by atoms with E-state index < -0.39 is 5.79 Å². The molecule has 3 rings (SSSR count). The highest BCUT2D eigenvalue weighted by Crippen LogP contribution is 2.32. The molecule has 0 saturated carbocycles. The molecule has 22 heavy (non-hydrogen) atoms. The van der Waals surface area contributed by atoms with Crippen LogP contribution in [0.4, 0.5) is 4.79 Å². The van der Waals surface area contributed by atoms with Gasteiger partial charge in [0.05, 0.1) is 26.2 Å². The van der Waals surface area contributed by atoms with Gasteiger partial charge in [-0.25, -0.2) is 4.79 Å². The van der Waals surface area contributed by atoms with Crippen molar-refractivity contribution in [2.45, 2.75) is 31.5 Å². The number of rotatable bonds is 1. The molecule has 3 saturated heterocycles. The summed E-state index contributed by atoms with van der Waals surface area (Å²) >= 11 is 0. The first-order chi connectivity index (χ1) is 10.6. The molecule has 7 nitrogen and oxygen atoms in total. The molecule has 3 aliphatic heterocycles. The number of carbonyl (C=O) groups is 2. The van der Waals surface area contributed by atoms with E-state index in [2.05, 4.69) is 0 Å². The van der Waals surface area contributed by atoms with Gasteiger partial charge in [-0.3, -0.25) is 4.79 Å². The fourth-order valence-corrected chi connectivity index (χ4v) is 3.59. The second-order valence-corrected chi connectivity index (χ2v) is 6.19. The van der Waals surface area contributed by atoms with Crippen LogP contribution in [0.25, 0.3) is 0 Å². The van der Waals surface area contributed by atoms with Crippen LogP contribution in [-0.4, -0.2) is 74.1 Å². The Bertz CT molecular complexity index is 426. The van der Waals surface area contributed by atoms with Crippen LogP contribution < -0.4 is 0 Å². The van der Waals surface area contributed by atoms with Gasteiger partial charge >= 0.3 is 6.09 Å². The molecule has 1 unspecified atom stereocenters. The zero-order valence-corrected chi connectivity index (χ0v) is 13.1. The SMILES string of the molecule is COC(=O)N1CCCC(C(=O)N2CCC3(CC2)OCCO3)C1. The summed E-state index contributed by atoms with van der Waals surface area (Å²) in [4.78, 5) is 27.8. The van der Waals surface area contributed by atoms with Crippen molar-refractivity contribution in [3.05, 3.63) is 0 Å². The molecule has 3 fully saturated rings. The second-order valence-electron chi connectivity index (χ2n) is 6.19. The van der Waals surface area contributed by atoms with Crippen LogP contribution in [0.3, 0.4) is 0 Å². The van der Waals surface area contributed by atoms with Gasteiger partial charge in [-0.15, -0.1) is 0 Å². The topological polar surface area (TPSA) is 68.3 Å². The Morgan fingerprint density at radius 3 is 2.41 bits per heavy atom. The summed E-state index contributed by atoms with van der Waals surface area (Å²) in [6.07, 6.45) is 2.79. The van der Waals surface area contributed by atoms with Crippen molar-refractivity contribution in [1.29, 1.82) is 0 Å². The van der Waals surface area contributed by atoms with Gasteiger partial charge in [0.15, 0.2) is 5.79 Å². The van der Waals surface area contributed by atoms with E-state index >= 15 is 0 Å². The minimum absolute atomic E-state index is 0.118. The molecule has 0 radical (unpaired) electrons. The Balaban J connectivity index is 1.54. The highest BCUT2D eigenvalue weighted by molar-refractivity contribution is 5.80. The lowest BCUT2D eigenvalue weighted by atomic mass is 9.95. The Hall–Kier alpha value is -1.34. The molecule has 0 aromatic rings. The van der Waals surface area contributed by atoms with E-state index in [1.165, 1.54) is 7.11 Å². The van der Waals surface area contributed by atoms with Crippen molar-refractivity contribution in [2.24, 2.45) is 5.92 Å². The number of amides is 2. The maximum atomic E-state index is 12.7. The monoisotopic (exact) mass is 312 g/mol. The van der Waals surface area contributed by atoms with Crippen molar-refractivity contribution in [3.8, 4) is 0 Å². The van der Waals surface area contributed by atoms with Crippen LogP contribution in [0.1, 0.15) is 25.7 Å². The highest BCUT2D eigenvalue weighted by atomic mass is 16.7. The molecule has 124 valence electrons. The highest BCUT2D eigenvalue weighted by Gasteiger charge is 2.42. The average molecular weight is 312 g/mol. The maximum Gasteiger partial charge on any atom is 0.409 e. The molecule has 3 heterocycles. The van der Waals surface area contributed by atoms with E-state index in [1.54, 1.807) is 4.90 Å². The molecule has 0 aromatic carbocycles. The van der Waals surface area contributed by atoms with E-state index in [1.807, 2.05) is 4.90 Å². The molecule has 0 N–H and O–H groups in total. The second kappa shape index (κ2) is 6.42. The van der Waals surface area contributed by atoms with E-state index in [0.717, 1.165) is 25.7 Å². The van der Waals surface area contributed by atoms with Crippen LogP contribution in [0.15, 0.2) is 0 Å². The van der Waals surface area contributed by atoms with Crippen LogP contribution in [-0.2, 0) is 19.0 Å². The number of nitrogens with zero attached hydrogens (tertiary/aromatic N) is 2. The average Bonchev–Trinajstić information content (AvgIpc) is 3.02. The van der Waals surface area contributed by atoms with E-state index in [4.69, 9.17) is 14.2 Å². The number of piperidine rings is 2. The third kappa shape index (κ3) is 3.05. The van der Waals surface area contributed by atoms with Gasteiger partial charge in [0, 0.05) is 39.0 Å². The Morgan fingerprint density at radius 2 is 1.77 bits per heavy atom. The van der Waals surface area contributed by atoms with Crippen LogP contribution in [0, 0.1) is 5.92 Å². The Labute approximate surface area is 130 Å². The van der Waals surface area contributed by atoms with E-state index in [0.29, 0.717) is 39.4 Å². The van der Waals surface area contributed by atoms with Crippen molar-refractivity contribution in [1.82, 2.24) is 9.80 Å². The quantitative estimate of drug-likeness (QED) is 0.717. The number of hydrogen-bond donors (Lipinski definition) is 0. The Kier molecular flexibility index (Phi) is 4.54. The summed E-state index contributed by atoms with van der Waals surface area (Å²) in [5.41, 5.74) is 0. The molecule has 1 spiro atoms. The minimum atomic E-state index is -0.457. The summed E-state index contributed by atoms with van der Waals surface area (Å²) in [5.74, 6) is -0.435. The zero-order valence-electron chi connectivity index (χ0n) is 13.1. The lowest BCUT2D eigenvalue weighted by Gasteiger charge is -2.40. The summed E-state index contributed by atoms with van der Waals surface area (Å²) in [7, 11) is 1.37. The molecule has 3 aliphatic rings. The van der Waals surface area contributed by atoms with Gasteiger partial charge in [-0.1, -0.05) is 0 Å². The van der Waals surface area contributed by atoms with Gasteiger partial charge in [0.1, 0.15) is 0 Å². The summed E-state index contributed by atoms with van der Waals surface area (Å²) in [6, 6.07) is 0. The predicted octanol–water partition coefficient (Wildman–Crippen LogP) is 0.830. The Morgan fingerprint density at radius 1 is 1.09 bits per heavy atom. The molecule has 7 heteroatoms. The minimum Gasteiger partial charge on any atom is -0.453 e. The lowest BCUT2D eigenvalue weighted by molar-refractivity contribution is -0.188. The van der Waals surface area contributed by atoms with Crippen molar-refractivity contribution < 1.29 is 23.8 Å². The molecule has 0 aliphatic carbocycles. The maximum absolute atomic E-state index is 12.7. The third-order valence-electron chi connectivity index (χ3n) is 4.85. The van der Waals surface area contributed by atoms with Gasteiger partial charge in [0.2, 0.25) is 5.91 Å². The molecule has 0 bridgehead atoms. The van der Waals surface area contributed by atoms with Crippen molar-refractivity contribution in [3.63, 3.8) is 0 Å². The fraction of sp³-hybridized carbons (Fsp3) is 0.867. The fourth-order valence-electron chi connectivity index (χ4n) is 3.59. The lowest BCUT2D eigenvalue weighted by Crippen LogP contribution is -2.51. The van der Waals surface area contributed by atoms with E-state index in [9.17, 15) is 9.59 Å². The van der Waals surface area contributed by atoms with Crippen LogP contribution >= 0.6 is 0 Å². The number of hydrogen-bond acceptors (Lipinski definition) is 5. The number of ether oxygens (including phenoxy) is 3. The van der Waals surface area contributed by atoms with Gasteiger partial charge in [0.25, 0.3) is 0 Å². The molecule has 2 amide bonds. The first-order valence-electron chi connectivity index (χ1n) is 8.03. The van der Waals surface area contributed by atoms with Crippen LogP contribution in [0.5, 0.6) is 0 Å². The normalized spacial score (nSPS) is 28.0.